The van der Waals surface area contributed by atoms with E-state index in [0.717, 1.165) is 28.8 Å². The lowest BCUT2D eigenvalue weighted by Crippen LogP contribution is -2.37. The Bertz CT molecular complexity index is 937. The fraction of sp³-hybridized carbons (Fsp3) is 0.333. The van der Waals surface area contributed by atoms with Gasteiger partial charge in [0.15, 0.2) is 0 Å². The number of carbonyl (C=O) groups excluding carboxylic acids is 1. The lowest BCUT2D eigenvalue weighted by molar-refractivity contribution is -0.137. The molecule has 146 valence electrons. The van der Waals surface area contributed by atoms with Gasteiger partial charge in [-0.1, -0.05) is 18.2 Å². The van der Waals surface area contributed by atoms with Crippen LogP contribution < -0.4 is 0 Å². The maximum Gasteiger partial charge on any atom is 0.416 e. The zero-order valence-electron chi connectivity index (χ0n) is 14.9. The molecule has 1 saturated carbocycles. The molecule has 0 spiro atoms. The molecule has 2 aromatic rings. The first-order valence-corrected chi connectivity index (χ1v) is 9.05. The van der Waals surface area contributed by atoms with Crippen LogP contribution in [0.5, 0.6) is 0 Å². The molecule has 1 heterocycles. The lowest BCUT2D eigenvalue weighted by atomic mass is 9.97. The largest absolute Gasteiger partial charge is 0.478 e. The molecule has 2 aromatic carbocycles. The molecule has 7 heteroatoms. The molecule has 4 rings (SSSR count). The number of hydrogen-bond donors (Lipinski definition) is 1. The number of nitrogens with zero attached hydrogens (tertiary/aromatic N) is 1. The fourth-order valence-electron chi connectivity index (χ4n) is 3.87. The van der Waals surface area contributed by atoms with Crippen molar-refractivity contribution in [3.05, 3.63) is 70.3 Å². The van der Waals surface area contributed by atoms with Gasteiger partial charge in [0.05, 0.1) is 11.1 Å². The maximum atomic E-state index is 12.8. The quantitative estimate of drug-likeness (QED) is 0.860. The second kappa shape index (κ2) is 6.65. The van der Waals surface area contributed by atoms with Crippen LogP contribution in [-0.2, 0) is 23.9 Å². The van der Waals surface area contributed by atoms with Crippen molar-refractivity contribution in [3.63, 3.8) is 0 Å². The number of carboxylic acids is 1. The van der Waals surface area contributed by atoms with Crippen LogP contribution in [0.4, 0.5) is 13.2 Å². The number of fused-ring (bicyclic) bond motifs is 1. The van der Waals surface area contributed by atoms with Crippen molar-refractivity contribution in [2.75, 3.05) is 6.54 Å². The summed E-state index contributed by atoms with van der Waals surface area (Å²) in [5.74, 6) is -1.30. The highest BCUT2D eigenvalue weighted by molar-refractivity contribution is 5.88. The number of aromatic carboxylic acids is 1. The van der Waals surface area contributed by atoms with Crippen LogP contribution in [0.15, 0.2) is 42.5 Å². The van der Waals surface area contributed by atoms with Gasteiger partial charge < -0.3 is 10.0 Å². The standard InChI is InChI=1S/C21H18F3NO3/c22-21(23,24)16-5-3-13(4-6-16)17-10-18(17)19(26)25-8-7-12-1-2-14(20(27)28)9-15(12)11-25/h1-6,9,17-18H,7-8,10-11H2,(H,27,28). The van der Waals surface area contributed by atoms with Crippen LogP contribution in [0, 0.1) is 5.92 Å². The minimum absolute atomic E-state index is 0.0173. The lowest BCUT2D eigenvalue weighted by Gasteiger charge is -2.29. The molecule has 0 aromatic heterocycles. The Morgan fingerprint density at radius 2 is 1.75 bits per heavy atom. The summed E-state index contributed by atoms with van der Waals surface area (Å²) < 4.78 is 38.1. The third-order valence-corrected chi connectivity index (χ3v) is 5.55. The molecule has 4 nitrogen and oxygen atoms in total. The number of amides is 1. The Hall–Kier alpha value is -2.83. The van der Waals surface area contributed by atoms with Gasteiger partial charge in [0, 0.05) is 19.0 Å². The minimum Gasteiger partial charge on any atom is -0.478 e. The summed E-state index contributed by atoms with van der Waals surface area (Å²) in [5.41, 5.74) is 2.14. The average Bonchev–Trinajstić information content (AvgIpc) is 3.46. The number of benzene rings is 2. The van der Waals surface area contributed by atoms with Crippen molar-refractivity contribution in [2.45, 2.75) is 31.5 Å². The van der Waals surface area contributed by atoms with Gasteiger partial charge in [-0.3, -0.25) is 4.79 Å². The number of carbonyl (C=O) groups is 2. The van der Waals surface area contributed by atoms with Crippen molar-refractivity contribution < 1.29 is 27.9 Å². The highest BCUT2D eigenvalue weighted by Crippen LogP contribution is 2.49. The first-order valence-electron chi connectivity index (χ1n) is 9.05. The van der Waals surface area contributed by atoms with E-state index in [1.165, 1.54) is 12.1 Å². The SMILES string of the molecule is O=C(O)c1ccc2c(c1)CN(C(=O)C1CC1c1ccc(C(F)(F)F)cc1)CC2. The molecular formula is C21H18F3NO3. The second-order valence-electron chi connectivity index (χ2n) is 7.37. The number of rotatable bonds is 3. The first-order chi connectivity index (χ1) is 13.2. The van der Waals surface area contributed by atoms with Crippen LogP contribution in [0.2, 0.25) is 0 Å². The molecule has 0 bridgehead atoms. The molecule has 1 aliphatic carbocycles. The van der Waals surface area contributed by atoms with Crippen LogP contribution in [0.3, 0.4) is 0 Å². The summed E-state index contributed by atoms with van der Waals surface area (Å²) in [7, 11) is 0. The zero-order chi connectivity index (χ0) is 20.1. The zero-order valence-corrected chi connectivity index (χ0v) is 14.9. The molecule has 2 aliphatic rings. The van der Waals surface area contributed by atoms with Gasteiger partial charge in [-0.25, -0.2) is 4.79 Å². The van der Waals surface area contributed by atoms with Gasteiger partial charge in [-0.2, -0.15) is 13.2 Å². The summed E-state index contributed by atoms with van der Waals surface area (Å²) >= 11 is 0. The Morgan fingerprint density at radius 3 is 2.39 bits per heavy atom. The monoisotopic (exact) mass is 389 g/mol. The third kappa shape index (κ3) is 3.48. The molecule has 1 N–H and O–H groups in total. The predicted octanol–water partition coefficient (Wildman–Crippen LogP) is 4.09. The summed E-state index contributed by atoms with van der Waals surface area (Å²) in [6.45, 7) is 0.931. The smallest absolute Gasteiger partial charge is 0.416 e. The van der Waals surface area contributed by atoms with E-state index in [2.05, 4.69) is 0 Å². The molecular weight excluding hydrogens is 371 g/mol. The van der Waals surface area contributed by atoms with E-state index in [4.69, 9.17) is 5.11 Å². The van der Waals surface area contributed by atoms with E-state index in [1.54, 1.807) is 23.1 Å². The number of halogens is 3. The van der Waals surface area contributed by atoms with Gasteiger partial charge in [0.1, 0.15) is 0 Å². The molecule has 2 unspecified atom stereocenters. The highest BCUT2D eigenvalue weighted by Gasteiger charge is 2.46. The molecule has 0 radical (unpaired) electrons. The van der Waals surface area contributed by atoms with Gasteiger partial charge in [0.25, 0.3) is 0 Å². The molecule has 0 saturated heterocycles. The van der Waals surface area contributed by atoms with Crippen LogP contribution in [0.1, 0.15) is 45.0 Å². The van der Waals surface area contributed by atoms with E-state index in [1.807, 2.05) is 0 Å². The first kappa shape index (κ1) is 18.5. The third-order valence-electron chi connectivity index (χ3n) is 5.55. The van der Waals surface area contributed by atoms with E-state index in [-0.39, 0.29) is 23.3 Å². The van der Waals surface area contributed by atoms with Crippen molar-refractivity contribution in [2.24, 2.45) is 5.92 Å². The van der Waals surface area contributed by atoms with Crippen LogP contribution >= 0.6 is 0 Å². The molecule has 1 fully saturated rings. The van der Waals surface area contributed by atoms with E-state index in [0.29, 0.717) is 25.9 Å². The Morgan fingerprint density at radius 1 is 1.04 bits per heavy atom. The normalized spacial score (nSPS) is 21.2. The summed E-state index contributed by atoms with van der Waals surface area (Å²) in [6, 6.07) is 9.98. The Kier molecular flexibility index (Phi) is 4.40. The van der Waals surface area contributed by atoms with E-state index < -0.39 is 17.7 Å². The van der Waals surface area contributed by atoms with Gasteiger partial charge in [-0.05, 0) is 59.7 Å². The number of hydrogen-bond acceptors (Lipinski definition) is 2. The molecule has 2 atom stereocenters. The maximum absolute atomic E-state index is 12.8. The van der Waals surface area contributed by atoms with Gasteiger partial charge in [0.2, 0.25) is 5.91 Å². The van der Waals surface area contributed by atoms with E-state index in [9.17, 15) is 22.8 Å². The van der Waals surface area contributed by atoms with Crippen LogP contribution in [0.25, 0.3) is 0 Å². The molecule has 1 aliphatic heterocycles. The van der Waals surface area contributed by atoms with Crippen molar-refractivity contribution in [3.8, 4) is 0 Å². The topological polar surface area (TPSA) is 57.6 Å². The summed E-state index contributed by atoms with van der Waals surface area (Å²) in [4.78, 5) is 25.7. The van der Waals surface area contributed by atoms with Crippen LogP contribution in [-0.4, -0.2) is 28.4 Å². The van der Waals surface area contributed by atoms with Crippen molar-refractivity contribution in [1.29, 1.82) is 0 Å². The summed E-state index contributed by atoms with van der Waals surface area (Å²) in [6.07, 6.45) is -3.07. The Labute approximate surface area is 159 Å². The fourth-order valence-corrected chi connectivity index (χ4v) is 3.87. The van der Waals surface area contributed by atoms with Gasteiger partial charge >= 0.3 is 12.1 Å². The highest BCUT2D eigenvalue weighted by atomic mass is 19.4. The summed E-state index contributed by atoms with van der Waals surface area (Å²) in [5, 5.41) is 9.14. The van der Waals surface area contributed by atoms with Gasteiger partial charge in [-0.15, -0.1) is 0 Å². The number of alkyl halides is 3. The van der Waals surface area contributed by atoms with E-state index >= 15 is 0 Å². The van der Waals surface area contributed by atoms with Crippen molar-refractivity contribution in [1.82, 2.24) is 4.90 Å². The Balaban J connectivity index is 1.44. The average molecular weight is 389 g/mol. The van der Waals surface area contributed by atoms with Crippen molar-refractivity contribution >= 4 is 11.9 Å². The second-order valence-corrected chi connectivity index (χ2v) is 7.37. The molecule has 28 heavy (non-hydrogen) atoms. The molecule has 1 amide bonds. The minimum atomic E-state index is -4.37. The number of carboxylic acid groups (broad SMARTS) is 1. The predicted molar refractivity (Wildman–Crippen MR) is 94.8 cm³/mol.